The van der Waals surface area contributed by atoms with Gasteiger partial charge in [0, 0.05) is 22.2 Å². The molecular weight excluding hydrogens is 285 g/mol. The molecule has 1 atom stereocenters. The molecule has 0 fully saturated rings. The summed E-state index contributed by atoms with van der Waals surface area (Å²) in [6.07, 6.45) is 0. The van der Waals surface area contributed by atoms with Crippen molar-refractivity contribution in [1.29, 1.82) is 0 Å². The Labute approximate surface area is 121 Å². The van der Waals surface area contributed by atoms with Gasteiger partial charge in [-0.15, -0.1) is 0 Å². The van der Waals surface area contributed by atoms with Crippen LogP contribution in [0.1, 0.15) is 25.7 Å². The number of hydrogen-bond acceptors (Lipinski definition) is 4. The Morgan fingerprint density at radius 2 is 1.84 bits per heavy atom. The molecule has 0 radical (unpaired) electrons. The Balaban J connectivity index is 2.35. The van der Waals surface area contributed by atoms with Crippen LogP contribution in [-0.2, 0) is 0 Å². The minimum atomic E-state index is 0.0518. The Morgan fingerprint density at radius 3 is 2.37 bits per heavy atom. The molecule has 1 unspecified atom stereocenters. The lowest BCUT2D eigenvalue weighted by molar-refractivity contribution is 0.324. The highest BCUT2D eigenvalue weighted by molar-refractivity contribution is 6.35. The summed E-state index contributed by atoms with van der Waals surface area (Å²) < 4.78 is 5.29. The van der Waals surface area contributed by atoms with E-state index >= 15 is 0 Å². The Morgan fingerprint density at radius 1 is 1.21 bits per heavy atom. The van der Waals surface area contributed by atoms with Gasteiger partial charge < -0.3 is 10.3 Å². The number of hydrogen-bond donors (Lipinski definition) is 1. The van der Waals surface area contributed by atoms with Gasteiger partial charge in [-0.2, -0.15) is 4.98 Å². The van der Waals surface area contributed by atoms with E-state index in [2.05, 4.69) is 24.0 Å². The zero-order chi connectivity index (χ0) is 14.0. The van der Waals surface area contributed by atoms with Crippen LogP contribution < -0.4 is 5.73 Å². The zero-order valence-corrected chi connectivity index (χ0v) is 12.2. The van der Waals surface area contributed by atoms with Gasteiger partial charge in [0.2, 0.25) is 11.7 Å². The Kier molecular flexibility index (Phi) is 4.45. The van der Waals surface area contributed by atoms with Gasteiger partial charge in [0.25, 0.3) is 0 Å². The molecule has 0 bridgehead atoms. The van der Waals surface area contributed by atoms with Crippen molar-refractivity contribution in [1.82, 2.24) is 10.1 Å². The maximum atomic E-state index is 5.96. The molecule has 102 valence electrons. The third kappa shape index (κ3) is 3.26. The summed E-state index contributed by atoms with van der Waals surface area (Å²) >= 11 is 11.9. The lowest BCUT2D eigenvalue weighted by atomic mass is 9.96. The SMILES string of the molecule is CC(C)C(CN)c1nc(-c2cc(Cl)cc(Cl)c2)no1. The third-order valence-electron chi connectivity index (χ3n) is 2.94. The van der Waals surface area contributed by atoms with Crippen molar-refractivity contribution in [2.75, 3.05) is 6.54 Å². The van der Waals surface area contributed by atoms with Crippen molar-refractivity contribution in [2.24, 2.45) is 11.7 Å². The van der Waals surface area contributed by atoms with Crippen LogP contribution in [0.25, 0.3) is 11.4 Å². The minimum absolute atomic E-state index is 0.0518. The van der Waals surface area contributed by atoms with Gasteiger partial charge in [0.15, 0.2) is 0 Å². The summed E-state index contributed by atoms with van der Waals surface area (Å²) in [5, 5.41) is 5.03. The molecule has 1 aromatic carbocycles. The van der Waals surface area contributed by atoms with E-state index in [4.69, 9.17) is 33.5 Å². The number of aromatic nitrogens is 2. The molecule has 4 nitrogen and oxygen atoms in total. The molecule has 2 aromatic rings. The molecule has 2 N–H and O–H groups in total. The predicted octanol–water partition coefficient (Wildman–Crippen LogP) is 3.74. The predicted molar refractivity (Wildman–Crippen MR) is 76.4 cm³/mol. The van der Waals surface area contributed by atoms with Gasteiger partial charge in [0.05, 0.1) is 5.92 Å². The number of rotatable bonds is 4. The maximum absolute atomic E-state index is 5.96. The summed E-state index contributed by atoms with van der Waals surface area (Å²) in [5.74, 6) is 1.40. The lowest BCUT2D eigenvalue weighted by Gasteiger charge is -2.13. The monoisotopic (exact) mass is 299 g/mol. The van der Waals surface area contributed by atoms with Crippen molar-refractivity contribution in [3.63, 3.8) is 0 Å². The first-order chi connectivity index (χ1) is 9.01. The smallest absolute Gasteiger partial charge is 0.231 e. The van der Waals surface area contributed by atoms with Gasteiger partial charge in [-0.1, -0.05) is 42.2 Å². The minimum Gasteiger partial charge on any atom is -0.339 e. The van der Waals surface area contributed by atoms with Gasteiger partial charge in [-0.05, 0) is 24.1 Å². The second-order valence-corrected chi connectivity index (χ2v) is 5.57. The number of nitrogens with zero attached hydrogens (tertiary/aromatic N) is 2. The zero-order valence-electron chi connectivity index (χ0n) is 10.7. The Hall–Kier alpha value is -1.10. The number of halogens is 2. The van der Waals surface area contributed by atoms with Crippen LogP contribution in [0.15, 0.2) is 22.7 Å². The summed E-state index contributed by atoms with van der Waals surface area (Å²) in [4.78, 5) is 4.38. The molecule has 0 saturated heterocycles. The summed E-state index contributed by atoms with van der Waals surface area (Å²) in [7, 11) is 0. The van der Waals surface area contributed by atoms with E-state index in [1.54, 1.807) is 18.2 Å². The average molecular weight is 300 g/mol. The number of nitrogens with two attached hydrogens (primary N) is 1. The van der Waals surface area contributed by atoms with Crippen LogP contribution in [0.5, 0.6) is 0 Å². The average Bonchev–Trinajstić information content (AvgIpc) is 2.77. The lowest BCUT2D eigenvalue weighted by Crippen LogP contribution is -2.18. The van der Waals surface area contributed by atoms with Gasteiger partial charge in [-0.3, -0.25) is 0 Å². The van der Waals surface area contributed by atoms with Crippen molar-refractivity contribution in [3.8, 4) is 11.4 Å². The molecule has 0 aliphatic heterocycles. The topological polar surface area (TPSA) is 64.9 Å². The summed E-state index contributed by atoms with van der Waals surface area (Å²) in [6, 6.07) is 5.15. The highest BCUT2D eigenvalue weighted by atomic mass is 35.5. The number of benzene rings is 1. The van der Waals surface area contributed by atoms with Crippen LogP contribution in [0.2, 0.25) is 10.0 Å². The van der Waals surface area contributed by atoms with E-state index < -0.39 is 0 Å². The standard InChI is InChI=1S/C13H15Cl2N3O/c1-7(2)11(6-16)13-17-12(18-19-13)8-3-9(14)5-10(15)4-8/h3-5,7,11H,6,16H2,1-2H3. The second-order valence-electron chi connectivity index (χ2n) is 4.70. The molecule has 0 spiro atoms. The van der Waals surface area contributed by atoms with E-state index in [1.807, 2.05) is 0 Å². The van der Waals surface area contributed by atoms with Crippen LogP contribution >= 0.6 is 23.2 Å². The van der Waals surface area contributed by atoms with Crippen molar-refractivity contribution in [3.05, 3.63) is 34.1 Å². The van der Waals surface area contributed by atoms with E-state index in [-0.39, 0.29) is 5.92 Å². The molecule has 0 aliphatic rings. The van der Waals surface area contributed by atoms with Gasteiger partial charge in [0.1, 0.15) is 0 Å². The first-order valence-electron chi connectivity index (χ1n) is 6.01. The first-order valence-corrected chi connectivity index (χ1v) is 6.77. The molecule has 0 saturated carbocycles. The molecule has 1 heterocycles. The largest absolute Gasteiger partial charge is 0.339 e. The molecular formula is C13H15Cl2N3O. The van der Waals surface area contributed by atoms with Crippen LogP contribution in [0.4, 0.5) is 0 Å². The fourth-order valence-corrected chi connectivity index (χ4v) is 2.37. The normalized spacial score (nSPS) is 12.9. The summed E-state index contributed by atoms with van der Waals surface area (Å²) in [6.45, 7) is 4.60. The van der Waals surface area contributed by atoms with E-state index in [1.165, 1.54) is 0 Å². The van der Waals surface area contributed by atoms with E-state index in [9.17, 15) is 0 Å². The maximum Gasteiger partial charge on any atom is 0.231 e. The van der Waals surface area contributed by atoms with Crippen LogP contribution in [-0.4, -0.2) is 16.7 Å². The molecule has 6 heteroatoms. The molecule has 0 aliphatic carbocycles. The fourth-order valence-electron chi connectivity index (χ4n) is 1.84. The van der Waals surface area contributed by atoms with Crippen molar-refractivity contribution < 1.29 is 4.52 Å². The summed E-state index contributed by atoms with van der Waals surface area (Å²) in [5.41, 5.74) is 6.46. The van der Waals surface area contributed by atoms with E-state index in [0.29, 0.717) is 34.2 Å². The highest BCUT2D eigenvalue weighted by Crippen LogP contribution is 2.28. The fraction of sp³-hybridized carbons (Fsp3) is 0.385. The quantitative estimate of drug-likeness (QED) is 0.934. The third-order valence-corrected chi connectivity index (χ3v) is 3.37. The first kappa shape index (κ1) is 14.3. The van der Waals surface area contributed by atoms with Gasteiger partial charge in [-0.25, -0.2) is 0 Å². The molecule has 19 heavy (non-hydrogen) atoms. The van der Waals surface area contributed by atoms with Crippen LogP contribution in [0.3, 0.4) is 0 Å². The molecule has 0 amide bonds. The molecule has 2 rings (SSSR count). The highest BCUT2D eigenvalue weighted by Gasteiger charge is 2.21. The molecule has 1 aromatic heterocycles. The second kappa shape index (κ2) is 5.90. The Bertz CT molecular complexity index is 549. The van der Waals surface area contributed by atoms with Crippen molar-refractivity contribution in [2.45, 2.75) is 19.8 Å². The van der Waals surface area contributed by atoms with Gasteiger partial charge >= 0.3 is 0 Å². The van der Waals surface area contributed by atoms with E-state index in [0.717, 1.165) is 5.56 Å². The van der Waals surface area contributed by atoms with Crippen molar-refractivity contribution >= 4 is 23.2 Å². The van der Waals surface area contributed by atoms with Crippen LogP contribution in [0, 0.1) is 5.92 Å².